The van der Waals surface area contributed by atoms with Gasteiger partial charge in [0.1, 0.15) is 5.75 Å². The Hall–Kier alpha value is -2.22. The van der Waals surface area contributed by atoms with Crippen LogP contribution in [0.3, 0.4) is 0 Å². The summed E-state index contributed by atoms with van der Waals surface area (Å²) in [4.78, 5) is 11.3. The van der Waals surface area contributed by atoms with Crippen LogP contribution in [0.2, 0.25) is 0 Å². The van der Waals surface area contributed by atoms with Crippen LogP contribution >= 0.6 is 0 Å². The van der Waals surface area contributed by atoms with Crippen LogP contribution in [-0.4, -0.2) is 33.7 Å². The fourth-order valence-corrected chi connectivity index (χ4v) is 2.92. The molecule has 2 rings (SSSR count). The number of fused-ring (bicyclic) bond motifs is 1. The number of methoxy groups -OCH3 is 2. The monoisotopic (exact) mass is 285 g/mol. The van der Waals surface area contributed by atoms with Crippen molar-refractivity contribution in [2.75, 3.05) is 14.2 Å². The van der Waals surface area contributed by atoms with E-state index in [4.69, 9.17) is 4.74 Å². The van der Waals surface area contributed by atoms with Crippen LogP contribution in [-0.2, 0) is 19.6 Å². The highest BCUT2D eigenvalue weighted by Crippen LogP contribution is 2.32. The van der Waals surface area contributed by atoms with Crippen LogP contribution in [0.5, 0.6) is 5.75 Å². The van der Waals surface area contributed by atoms with Crippen molar-refractivity contribution in [2.45, 2.75) is 4.90 Å². The first-order chi connectivity index (χ1) is 8.90. The Kier molecular flexibility index (Phi) is 3.11. The summed E-state index contributed by atoms with van der Waals surface area (Å²) in [6, 6.07) is 4.04. The van der Waals surface area contributed by atoms with Gasteiger partial charge in [-0.3, -0.25) is 4.72 Å². The number of aliphatic hydroxyl groups excluding tert-OH is 1. The van der Waals surface area contributed by atoms with Crippen LogP contribution in [0, 0.1) is 0 Å². The van der Waals surface area contributed by atoms with Crippen molar-refractivity contribution in [1.82, 2.24) is 4.72 Å². The first-order valence-electron chi connectivity index (χ1n) is 5.13. The predicted octanol–water partition coefficient (Wildman–Crippen LogP) is 0.387. The second kappa shape index (κ2) is 4.47. The van der Waals surface area contributed by atoms with Crippen molar-refractivity contribution in [3.8, 4) is 5.75 Å². The van der Waals surface area contributed by atoms with Crippen molar-refractivity contribution in [3.63, 3.8) is 0 Å². The van der Waals surface area contributed by atoms with E-state index >= 15 is 0 Å². The standard InChI is InChI=1S/C11H11NO6S/c1-17-6-3-4-8-7(5-6)10(13)9(11(14)18-2)12-19(8,15)16/h3-5,12-13H,1-2H3. The normalized spacial score (nSPS) is 16.3. The number of nitrogens with one attached hydrogen (secondary N) is 1. The fourth-order valence-electron chi connectivity index (χ4n) is 1.67. The van der Waals surface area contributed by atoms with E-state index in [1.165, 1.54) is 25.3 Å². The van der Waals surface area contributed by atoms with E-state index in [2.05, 4.69) is 4.74 Å². The van der Waals surface area contributed by atoms with E-state index in [0.717, 1.165) is 7.11 Å². The first-order valence-corrected chi connectivity index (χ1v) is 6.62. The minimum absolute atomic E-state index is 0.0153. The molecule has 1 heterocycles. The summed E-state index contributed by atoms with van der Waals surface area (Å²) in [6.07, 6.45) is 0. The highest BCUT2D eigenvalue weighted by molar-refractivity contribution is 7.89. The van der Waals surface area contributed by atoms with Gasteiger partial charge in [-0.15, -0.1) is 0 Å². The van der Waals surface area contributed by atoms with E-state index < -0.39 is 27.4 Å². The average molecular weight is 285 g/mol. The lowest BCUT2D eigenvalue weighted by Crippen LogP contribution is -2.33. The number of hydrogen-bond acceptors (Lipinski definition) is 6. The van der Waals surface area contributed by atoms with Crippen molar-refractivity contribution in [2.24, 2.45) is 0 Å². The van der Waals surface area contributed by atoms with Crippen LogP contribution < -0.4 is 9.46 Å². The molecule has 8 heteroatoms. The molecule has 0 amide bonds. The van der Waals surface area contributed by atoms with Crippen molar-refractivity contribution in [3.05, 3.63) is 29.5 Å². The van der Waals surface area contributed by atoms with Crippen molar-refractivity contribution in [1.29, 1.82) is 0 Å². The molecule has 19 heavy (non-hydrogen) atoms. The van der Waals surface area contributed by atoms with Gasteiger partial charge in [-0.25, -0.2) is 13.2 Å². The van der Waals surface area contributed by atoms with Crippen molar-refractivity contribution >= 4 is 21.8 Å². The highest BCUT2D eigenvalue weighted by atomic mass is 32.2. The minimum atomic E-state index is -3.93. The molecule has 0 fully saturated rings. The summed E-state index contributed by atoms with van der Waals surface area (Å²) < 4.78 is 35.2. The van der Waals surface area contributed by atoms with Gasteiger partial charge in [-0.2, -0.15) is 0 Å². The number of carbonyl (C=O) groups excluding carboxylic acids is 1. The number of hydrogen-bond donors (Lipinski definition) is 2. The van der Waals surface area contributed by atoms with E-state index in [9.17, 15) is 18.3 Å². The molecular formula is C11H11NO6S. The van der Waals surface area contributed by atoms with Crippen LogP contribution in [0.1, 0.15) is 5.56 Å². The van der Waals surface area contributed by atoms with Gasteiger partial charge < -0.3 is 14.6 Å². The molecule has 2 N–H and O–H groups in total. The molecule has 1 aliphatic rings. The van der Waals surface area contributed by atoms with Gasteiger partial charge in [0.05, 0.1) is 19.1 Å². The van der Waals surface area contributed by atoms with Gasteiger partial charge in [-0.05, 0) is 18.2 Å². The summed E-state index contributed by atoms with van der Waals surface area (Å²) in [5, 5.41) is 9.97. The van der Waals surface area contributed by atoms with E-state index in [1.54, 1.807) is 0 Å². The zero-order valence-corrected chi connectivity index (χ0v) is 10.9. The lowest BCUT2D eigenvalue weighted by molar-refractivity contribution is -0.136. The molecule has 7 nitrogen and oxygen atoms in total. The highest BCUT2D eigenvalue weighted by Gasteiger charge is 2.33. The molecule has 0 spiro atoms. The number of ether oxygens (including phenoxy) is 2. The number of carbonyl (C=O) groups is 1. The van der Waals surface area contributed by atoms with E-state index in [-0.39, 0.29) is 10.5 Å². The Balaban J connectivity index is 2.73. The Labute approximate surface area is 109 Å². The van der Waals surface area contributed by atoms with Gasteiger partial charge in [0.2, 0.25) is 0 Å². The quantitative estimate of drug-likeness (QED) is 0.762. The number of aliphatic hydroxyl groups is 1. The molecule has 0 atom stereocenters. The average Bonchev–Trinajstić information content (AvgIpc) is 2.41. The first kappa shape index (κ1) is 13.2. The van der Waals surface area contributed by atoms with E-state index in [1.807, 2.05) is 4.72 Å². The Morgan fingerprint density at radius 1 is 1.32 bits per heavy atom. The lowest BCUT2D eigenvalue weighted by Gasteiger charge is -2.20. The molecule has 1 aromatic carbocycles. The molecular weight excluding hydrogens is 274 g/mol. The molecule has 1 aromatic rings. The second-order valence-corrected chi connectivity index (χ2v) is 5.33. The molecule has 0 bridgehead atoms. The third kappa shape index (κ3) is 2.10. The molecule has 1 aliphatic heterocycles. The summed E-state index contributed by atoms with van der Waals surface area (Å²) in [6.45, 7) is 0. The maximum absolute atomic E-state index is 11.9. The van der Waals surface area contributed by atoms with Crippen LogP contribution in [0.4, 0.5) is 0 Å². The molecule has 102 valence electrons. The van der Waals surface area contributed by atoms with Gasteiger partial charge in [0.25, 0.3) is 10.0 Å². The smallest absolute Gasteiger partial charge is 0.359 e. The SMILES string of the molecule is COC(=O)C1=C(O)c2cc(OC)ccc2S(=O)(=O)N1. The number of benzene rings is 1. The third-order valence-electron chi connectivity index (χ3n) is 2.59. The maximum atomic E-state index is 11.9. The zero-order valence-electron chi connectivity index (χ0n) is 10.1. The Morgan fingerprint density at radius 3 is 2.58 bits per heavy atom. The topological polar surface area (TPSA) is 102 Å². The minimum Gasteiger partial charge on any atom is -0.505 e. The third-order valence-corrected chi connectivity index (χ3v) is 4.00. The molecule has 0 saturated carbocycles. The molecule has 0 aromatic heterocycles. The lowest BCUT2D eigenvalue weighted by atomic mass is 10.1. The summed E-state index contributed by atoms with van der Waals surface area (Å²) >= 11 is 0. The number of esters is 1. The predicted molar refractivity (Wildman–Crippen MR) is 64.9 cm³/mol. The van der Waals surface area contributed by atoms with Gasteiger partial charge in [0, 0.05) is 5.56 Å². The fraction of sp³-hybridized carbons (Fsp3) is 0.182. The van der Waals surface area contributed by atoms with Crippen LogP contribution in [0.25, 0.3) is 5.76 Å². The molecule has 0 saturated heterocycles. The summed E-state index contributed by atoms with van der Waals surface area (Å²) in [5.74, 6) is -1.13. The maximum Gasteiger partial charge on any atom is 0.359 e. The van der Waals surface area contributed by atoms with Gasteiger partial charge >= 0.3 is 5.97 Å². The van der Waals surface area contributed by atoms with Gasteiger partial charge in [-0.1, -0.05) is 0 Å². The molecule has 0 unspecified atom stereocenters. The Morgan fingerprint density at radius 2 is 2.00 bits per heavy atom. The number of rotatable bonds is 2. The molecule has 0 radical (unpaired) electrons. The van der Waals surface area contributed by atoms with Crippen molar-refractivity contribution < 1.29 is 27.8 Å². The Bertz CT molecular complexity index is 676. The zero-order chi connectivity index (χ0) is 14.2. The summed E-state index contributed by atoms with van der Waals surface area (Å²) in [5.41, 5.74) is -0.540. The number of sulfonamides is 1. The second-order valence-electron chi connectivity index (χ2n) is 3.68. The van der Waals surface area contributed by atoms with Gasteiger partial charge in [0.15, 0.2) is 11.5 Å². The largest absolute Gasteiger partial charge is 0.505 e. The molecule has 0 aliphatic carbocycles. The van der Waals surface area contributed by atoms with E-state index in [0.29, 0.717) is 5.75 Å². The summed E-state index contributed by atoms with van der Waals surface area (Å²) in [7, 11) is -1.45. The van der Waals surface area contributed by atoms with Crippen LogP contribution in [0.15, 0.2) is 28.8 Å².